The number of carbonyl (C=O) groups excluding carboxylic acids is 1. The van der Waals surface area contributed by atoms with Crippen LogP contribution in [0.4, 0.5) is 11.4 Å². The van der Waals surface area contributed by atoms with E-state index in [0.29, 0.717) is 23.8 Å². The van der Waals surface area contributed by atoms with Crippen molar-refractivity contribution < 1.29 is 4.79 Å². The van der Waals surface area contributed by atoms with Crippen LogP contribution in [-0.4, -0.2) is 61.3 Å². The Morgan fingerprint density at radius 2 is 1.79 bits per heavy atom. The van der Waals surface area contributed by atoms with Crippen LogP contribution in [0.3, 0.4) is 0 Å². The normalized spacial score (nSPS) is 18.8. The highest BCUT2D eigenvalue weighted by Gasteiger charge is 2.30. The molecule has 0 atom stereocenters. The summed E-state index contributed by atoms with van der Waals surface area (Å²) in [4.78, 5) is 28.2. The van der Waals surface area contributed by atoms with Gasteiger partial charge in [0.05, 0.1) is 5.57 Å². The zero-order valence-corrected chi connectivity index (χ0v) is 23.7. The molecule has 8 heteroatoms. The number of allylic oxidation sites excluding steroid dienone is 1. The number of amidine groups is 1. The summed E-state index contributed by atoms with van der Waals surface area (Å²) in [7, 11) is 2.16. The van der Waals surface area contributed by atoms with E-state index in [1.54, 1.807) is 27.6 Å². The Bertz CT molecular complexity index is 1390. The quantitative estimate of drug-likeness (QED) is 0.375. The fraction of sp³-hybridized carbons (Fsp3) is 0.267. The monoisotopic (exact) mass is 543 g/mol. The fourth-order valence-electron chi connectivity index (χ4n) is 4.66. The number of benzene rings is 1. The van der Waals surface area contributed by atoms with Crippen LogP contribution in [0.2, 0.25) is 0 Å². The molecule has 0 radical (unpaired) electrons. The SMILES string of the molecule is C=C(/N=C1\C(=C/C)C=C(c2ccc(-c3cccs3)s2)C(=O)N1CC)Nc1ccc(N2CCN(C)CC2)cc1. The van der Waals surface area contributed by atoms with Crippen molar-refractivity contribution in [2.75, 3.05) is 50.0 Å². The van der Waals surface area contributed by atoms with E-state index in [-0.39, 0.29) is 5.91 Å². The summed E-state index contributed by atoms with van der Waals surface area (Å²) in [5.74, 6) is 1.07. The van der Waals surface area contributed by atoms with Gasteiger partial charge in [-0.15, -0.1) is 22.7 Å². The Morgan fingerprint density at radius 3 is 2.45 bits per heavy atom. The maximum absolute atomic E-state index is 13.6. The lowest BCUT2D eigenvalue weighted by molar-refractivity contribution is -0.121. The summed E-state index contributed by atoms with van der Waals surface area (Å²) in [5.41, 5.74) is 3.74. The van der Waals surface area contributed by atoms with Crippen LogP contribution in [0.5, 0.6) is 0 Å². The molecule has 1 amide bonds. The Morgan fingerprint density at radius 1 is 1.05 bits per heavy atom. The van der Waals surface area contributed by atoms with Gasteiger partial charge in [-0.1, -0.05) is 18.7 Å². The van der Waals surface area contributed by atoms with Crippen molar-refractivity contribution in [1.82, 2.24) is 9.80 Å². The molecule has 0 saturated carbocycles. The number of thiophene rings is 2. The topological polar surface area (TPSA) is 51.2 Å². The molecular weight excluding hydrogens is 510 g/mol. The number of likely N-dealkylation sites (N-methyl/N-ethyl adjacent to an activating group) is 2. The van der Waals surface area contributed by atoms with Crippen molar-refractivity contribution >= 4 is 51.4 Å². The van der Waals surface area contributed by atoms with Crippen molar-refractivity contribution in [3.63, 3.8) is 0 Å². The van der Waals surface area contributed by atoms with E-state index in [1.165, 1.54) is 15.4 Å². The van der Waals surface area contributed by atoms with Gasteiger partial charge in [-0.25, -0.2) is 4.99 Å². The van der Waals surface area contributed by atoms with Gasteiger partial charge in [-0.3, -0.25) is 9.69 Å². The van der Waals surface area contributed by atoms with Gasteiger partial charge < -0.3 is 15.1 Å². The predicted molar refractivity (Wildman–Crippen MR) is 163 cm³/mol. The molecule has 196 valence electrons. The number of nitrogens with zero attached hydrogens (tertiary/aromatic N) is 4. The Kier molecular flexibility index (Phi) is 7.93. The molecule has 0 unspecified atom stereocenters. The Labute approximate surface area is 232 Å². The zero-order valence-electron chi connectivity index (χ0n) is 22.1. The number of amides is 1. The van der Waals surface area contributed by atoms with Crippen molar-refractivity contribution in [2.45, 2.75) is 13.8 Å². The summed E-state index contributed by atoms with van der Waals surface area (Å²) in [6, 6.07) is 16.7. The molecule has 0 aliphatic carbocycles. The minimum atomic E-state index is -0.0410. The number of nitrogens with one attached hydrogen (secondary N) is 1. The molecule has 0 spiro atoms. The maximum Gasteiger partial charge on any atom is 0.260 e. The highest BCUT2D eigenvalue weighted by atomic mass is 32.1. The third-order valence-electron chi connectivity index (χ3n) is 6.82. The lowest BCUT2D eigenvalue weighted by atomic mass is 10.0. The fourth-order valence-corrected chi connectivity index (χ4v) is 6.51. The molecule has 2 aromatic heterocycles. The van der Waals surface area contributed by atoms with Gasteiger partial charge in [0.25, 0.3) is 5.91 Å². The van der Waals surface area contributed by atoms with Gasteiger partial charge in [0.1, 0.15) is 11.7 Å². The van der Waals surface area contributed by atoms with E-state index in [1.807, 2.05) is 38.1 Å². The number of hydrogen-bond acceptors (Lipinski definition) is 7. The number of hydrogen-bond donors (Lipinski definition) is 1. The first-order chi connectivity index (χ1) is 18.5. The minimum Gasteiger partial charge on any atom is -0.369 e. The Hall–Kier alpha value is -3.46. The first-order valence-electron chi connectivity index (χ1n) is 12.9. The van der Waals surface area contributed by atoms with Gasteiger partial charge in [0.15, 0.2) is 0 Å². The van der Waals surface area contributed by atoms with Gasteiger partial charge in [-0.05, 0) is 74.8 Å². The van der Waals surface area contributed by atoms with Gasteiger partial charge in [0.2, 0.25) is 0 Å². The van der Waals surface area contributed by atoms with E-state index < -0.39 is 0 Å². The maximum atomic E-state index is 13.6. The van der Waals surface area contributed by atoms with Gasteiger partial charge in [0, 0.05) is 64.3 Å². The molecule has 38 heavy (non-hydrogen) atoms. The van der Waals surface area contributed by atoms with Crippen LogP contribution in [-0.2, 0) is 4.79 Å². The molecule has 1 saturated heterocycles. The second-order valence-electron chi connectivity index (χ2n) is 9.34. The molecule has 4 heterocycles. The third-order valence-corrected chi connectivity index (χ3v) is 9.00. The minimum absolute atomic E-state index is 0.0410. The van der Waals surface area contributed by atoms with E-state index in [2.05, 4.69) is 70.5 Å². The molecule has 1 aromatic carbocycles. The number of rotatable bonds is 7. The molecular formula is C30H33N5OS2. The molecule has 2 aliphatic rings. The highest BCUT2D eigenvalue weighted by molar-refractivity contribution is 7.22. The lowest BCUT2D eigenvalue weighted by Crippen LogP contribution is -2.44. The van der Waals surface area contributed by atoms with Crippen LogP contribution in [0.1, 0.15) is 18.7 Å². The average molecular weight is 544 g/mol. The van der Waals surface area contributed by atoms with Crippen molar-refractivity contribution in [1.29, 1.82) is 0 Å². The molecule has 2 aliphatic heterocycles. The van der Waals surface area contributed by atoms with Crippen molar-refractivity contribution in [3.05, 3.63) is 88.9 Å². The zero-order chi connectivity index (χ0) is 26.6. The summed E-state index contributed by atoms with van der Waals surface area (Å²) in [6.07, 6.45) is 3.95. The number of piperazine rings is 1. The predicted octanol–water partition coefficient (Wildman–Crippen LogP) is 6.40. The van der Waals surface area contributed by atoms with Crippen molar-refractivity contribution in [3.8, 4) is 9.75 Å². The molecule has 1 N–H and O–H groups in total. The number of carbonyl (C=O) groups is 1. The lowest BCUT2D eigenvalue weighted by Gasteiger charge is -2.34. The van der Waals surface area contributed by atoms with Gasteiger partial charge in [-0.2, -0.15) is 0 Å². The van der Waals surface area contributed by atoms with Crippen LogP contribution in [0, 0.1) is 0 Å². The molecule has 1 fully saturated rings. The molecule has 0 bridgehead atoms. The van der Waals surface area contributed by atoms with Crippen LogP contribution in [0.25, 0.3) is 15.3 Å². The average Bonchev–Trinajstić information content (AvgIpc) is 3.63. The first kappa shape index (κ1) is 26.2. The van der Waals surface area contributed by atoms with Crippen LogP contribution >= 0.6 is 22.7 Å². The third kappa shape index (κ3) is 5.53. The summed E-state index contributed by atoms with van der Waals surface area (Å²) >= 11 is 3.35. The molecule has 5 rings (SSSR count). The largest absolute Gasteiger partial charge is 0.369 e. The second kappa shape index (κ2) is 11.5. The van der Waals surface area contributed by atoms with Crippen molar-refractivity contribution in [2.24, 2.45) is 4.99 Å². The van der Waals surface area contributed by atoms with E-state index >= 15 is 0 Å². The summed E-state index contributed by atoms with van der Waals surface area (Å²) in [5, 5.41) is 5.37. The van der Waals surface area contributed by atoms with Crippen LogP contribution < -0.4 is 10.2 Å². The summed E-state index contributed by atoms with van der Waals surface area (Å²) in [6.45, 7) is 12.8. The number of aliphatic imine (C=N–C) groups is 1. The first-order valence-corrected chi connectivity index (χ1v) is 14.6. The van der Waals surface area contributed by atoms with E-state index in [9.17, 15) is 4.79 Å². The number of anilines is 2. The second-order valence-corrected chi connectivity index (χ2v) is 11.4. The highest BCUT2D eigenvalue weighted by Crippen LogP contribution is 2.37. The Balaban J connectivity index is 1.33. The van der Waals surface area contributed by atoms with Crippen LogP contribution in [0.15, 0.2) is 89.0 Å². The molecule has 6 nitrogen and oxygen atoms in total. The smallest absolute Gasteiger partial charge is 0.260 e. The van der Waals surface area contributed by atoms with Gasteiger partial charge >= 0.3 is 0 Å². The standard InChI is InChI=1S/C30H33N5OS2/c1-5-22-20-25(26-13-14-28(38-26)27-8-7-19-37-27)30(36)35(6-2)29(22)32-21(3)31-23-9-11-24(12-10-23)34-17-15-33(4)16-18-34/h5,7-14,19-20,31H,3,6,15-18H2,1-2,4H3/b22-5-,32-29+. The molecule has 3 aromatic rings. The van der Waals surface area contributed by atoms with E-state index in [4.69, 9.17) is 4.99 Å². The summed E-state index contributed by atoms with van der Waals surface area (Å²) < 4.78 is 0. The van der Waals surface area contributed by atoms with E-state index in [0.717, 1.165) is 42.3 Å².